The van der Waals surface area contributed by atoms with Gasteiger partial charge >= 0.3 is 0 Å². The lowest BCUT2D eigenvalue weighted by atomic mass is 10.1. The van der Waals surface area contributed by atoms with Crippen molar-refractivity contribution in [2.45, 2.75) is 6.54 Å². The van der Waals surface area contributed by atoms with Gasteiger partial charge in [-0.15, -0.1) is 11.3 Å². The van der Waals surface area contributed by atoms with E-state index >= 15 is 0 Å². The first-order valence-corrected chi connectivity index (χ1v) is 11.9. The molecule has 4 heterocycles. The SMILES string of the molecule is NC(=O)c1cc(-c2csc(NC(=O)/C=C/c3cn(Cc4ccccc4)nc3-c3cccnc3)n2)c[nH]1. The Hall–Kier alpha value is -4.83. The number of hydrogen-bond acceptors (Lipinski definition) is 6. The summed E-state index contributed by atoms with van der Waals surface area (Å²) < 4.78 is 1.85. The van der Waals surface area contributed by atoms with Crippen LogP contribution in [0.3, 0.4) is 0 Å². The highest BCUT2D eigenvalue weighted by Gasteiger charge is 2.12. The van der Waals surface area contributed by atoms with Gasteiger partial charge < -0.3 is 10.7 Å². The number of nitrogens with zero attached hydrogens (tertiary/aromatic N) is 4. The summed E-state index contributed by atoms with van der Waals surface area (Å²) >= 11 is 1.29. The summed E-state index contributed by atoms with van der Waals surface area (Å²) in [5.74, 6) is -0.872. The van der Waals surface area contributed by atoms with Crippen LogP contribution in [0.15, 0.2) is 84.8 Å². The van der Waals surface area contributed by atoms with E-state index in [0.29, 0.717) is 28.6 Å². The number of aromatic amines is 1. The van der Waals surface area contributed by atoms with Gasteiger partial charge in [-0.3, -0.25) is 24.6 Å². The highest BCUT2D eigenvalue weighted by Crippen LogP contribution is 2.26. The molecule has 0 bridgehead atoms. The van der Waals surface area contributed by atoms with Crippen LogP contribution in [0.4, 0.5) is 5.13 Å². The zero-order chi connectivity index (χ0) is 24.9. The Morgan fingerprint density at radius 2 is 2.00 bits per heavy atom. The number of thiazole rings is 1. The highest BCUT2D eigenvalue weighted by molar-refractivity contribution is 7.14. The second-order valence-corrected chi connectivity index (χ2v) is 8.74. The Kier molecular flexibility index (Phi) is 6.50. The first-order valence-electron chi connectivity index (χ1n) is 11.0. The van der Waals surface area contributed by atoms with Crippen LogP contribution < -0.4 is 11.1 Å². The molecule has 1 aromatic carbocycles. The number of anilines is 1. The summed E-state index contributed by atoms with van der Waals surface area (Å²) in [5, 5.41) is 9.75. The number of carbonyl (C=O) groups excluding carboxylic acids is 2. The minimum atomic E-state index is -0.548. The minimum absolute atomic E-state index is 0.295. The van der Waals surface area contributed by atoms with E-state index in [1.54, 1.807) is 36.1 Å². The van der Waals surface area contributed by atoms with Crippen molar-refractivity contribution in [2.24, 2.45) is 5.73 Å². The molecular formula is C26H21N7O2S. The zero-order valence-electron chi connectivity index (χ0n) is 19.0. The van der Waals surface area contributed by atoms with E-state index in [-0.39, 0.29) is 5.91 Å². The number of hydrogen-bond donors (Lipinski definition) is 3. The van der Waals surface area contributed by atoms with Crippen molar-refractivity contribution in [2.75, 3.05) is 5.32 Å². The van der Waals surface area contributed by atoms with Crippen LogP contribution in [0.5, 0.6) is 0 Å². The van der Waals surface area contributed by atoms with Crippen molar-refractivity contribution in [3.63, 3.8) is 0 Å². The third-order valence-electron chi connectivity index (χ3n) is 5.31. The van der Waals surface area contributed by atoms with Crippen molar-refractivity contribution >= 4 is 34.4 Å². The van der Waals surface area contributed by atoms with Gasteiger partial charge in [0.25, 0.3) is 5.91 Å². The Morgan fingerprint density at radius 3 is 2.75 bits per heavy atom. The smallest absolute Gasteiger partial charge is 0.265 e. The summed E-state index contributed by atoms with van der Waals surface area (Å²) in [5.41, 5.74) is 10.4. The highest BCUT2D eigenvalue weighted by atomic mass is 32.1. The third kappa shape index (κ3) is 5.29. The molecule has 0 spiro atoms. The van der Waals surface area contributed by atoms with Gasteiger partial charge in [-0.25, -0.2) is 4.98 Å². The predicted octanol–water partition coefficient (Wildman–Crippen LogP) is 4.20. The van der Waals surface area contributed by atoms with Crippen LogP contribution in [0.2, 0.25) is 0 Å². The molecule has 9 nitrogen and oxygen atoms in total. The first-order chi connectivity index (χ1) is 17.5. The third-order valence-corrected chi connectivity index (χ3v) is 6.06. The molecule has 5 rings (SSSR count). The number of H-pyrrole nitrogens is 1. The van der Waals surface area contributed by atoms with Gasteiger partial charge in [-0.2, -0.15) is 5.10 Å². The zero-order valence-corrected chi connectivity index (χ0v) is 19.8. The van der Waals surface area contributed by atoms with Crippen LogP contribution in [0, 0.1) is 0 Å². The lowest BCUT2D eigenvalue weighted by Gasteiger charge is -2.01. The van der Waals surface area contributed by atoms with Crippen molar-refractivity contribution in [3.8, 4) is 22.5 Å². The molecule has 0 aliphatic rings. The Balaban J connectivity index is 1.33. The second kappa shape index (κ2) is 10.2. The second-order valence-electron chi connectivity index (χ2n) is 7.88. The molecule has 0 saturated heterocycles. The van der Waals surface area contributed by atoms with Crippen molar-refractivity contribution in [1.29, 1.82) is 0 Å². The monoisotopic (exact) mass is 495 g/mol. The normalized spacial score (nSPS) is 11.1. The lowest BCUT2D eigenvalue weighted by molar-refractivity contribution is -0.111. The molecule has 0 radical (unpaired) electrons. The molecule has 4 N–H and O–H groups in total. The van der Waals surface area contributed by atoms with E-state index in [1.165, 1.54) is 17.4 Å². The van der Waals surface area contributed by atoms with Gasteiger partial charge in [-0.1, -0.05) is 30.3 Å². The van der Waals surface area contributed by atoms with Crippen LogP contribution in [-0.2, 0) is 11.3 Å². The van der Waals surface area contributed by atoms with E-state index in [0.717, 1.165) is 22.4 Å². The molecule has 10 heteroatoms. The van der Waals surface area contributed by atoms with Gasteiger partial charge in [0.1, 0.15) is 11.4 Å². The number of amides is 2. The van der Waals surface area contributed by atoms with E-state index < -0.39 is 5.91 Å². The molecule has 0 fully saturated rings. The van der Waals surface area contributed by atoms with Crippen LogP contribution in [-0.4, -0.2) is 36.5 Å². The fraction of sp³-hybridized carbons (Fsp3) is 0.0385. The Morgan fingerprint density at radius 1 is 1.14 bits per heavy atom. The fourth-order valence-electron chi connectivity index (χ4n) is 3.60. The largest absolute Gasteiger partial charge is 0.364 e. The van der Waals surface area contributed by atoms with Gasteiger partial charge in [0.05, 0.1) is 12.2 Å². The van der Waals surface area contributed by atoms with Crippen molar-refractivity contribution in [1.82, 2.24) is 24.7 Å². The molecule has 0 atom stereocenters. The maximum Gasteiger partial charge on any atom is 0.265 e. The topological polar surface area (TPSA) is 132 Å². The predicted molar refractivity (Wildman–Crippen MR) is 139 cm³/mol. The standard InChI is InChI=1S/C26H21N7O2S/c27-25(35)21-11-20(13-29-21)22-16-36-26(30-22)31-23(34)9-8-19-15-33(14-17-5-2-1-3-6-17)32-24(19)18-7-4-10-28-12-18/h1-13,15-16,29H,14H2,(H2,27,35)(H,30,31,34)/b9-8+. The number of rotatable bonds is 8. The first kappa shape index (κ1) is 22.9. The molecule has 2 amide bonds. The van der Waals surface area contributed by atoms with Crippen LogP contribution >= 0.6 is 11.3 Å². The van der Waals surface area contributed by atoms with Crippen LogP contribution in [0.25, 0.3) is 28.6 Å². The maximum absolute atomic E-state index is 12.6. The van der Waals surface area contributed by atoms with E-state index in [9.17, 15) is 9.59 Å². The molecule has 0 aliphatic heterocycles. The molecule has 36 heavy (non-hydrogen) atoms. The molecular weight excluding hydrogens is 474 g/mol. The average Bonchev–Trinajstić information content (AvgIpc) is 3.64. The van der Waals surface area contributed by atoms with Crippen molar-refractivity contribution < 1.29 is 9.59 Å². The van der Waals surface area contributed by atoms with E-state index in [4.69, 9.17) is 10.8 Å². The number of aromatic nitrogens is 5. The van der Waals surface area contributed by atoms with Gasteiger partial charge in [0.2, 0.25) is 5.91 Å². The lowest BCUT2D eigenvalue weighted by Crippen LogP contribution is -2.10. The van der Waals surface area contributed by atoms with E-state index in [2.05, 4.69) is 20.3 Å². The fourth-order valence-corrected chi connectivity index (χ4v) is 4.32. The number of nitrogens with two attached hydrogens (primary N) is 1. The van der Waals surface area contributed by atoms with Gasteiger partial charge in [-0.05, 0) is 29.8 Å². The summed E-state index contributed by atoms with van der Waals surface area (Å²) in [7, 11) is 0. The number of primary amides is 1. The molecule has 5 aromatic rings. The molecule has 0 unspecified atom stereocenters. The summed E-state index contributed by atoms with van der Waals surface area (Å²) in [4.78, 5) is 35.3. The average molecular weight is 496 g/mol. The van der Waals surface area contributed by atoms with Crippen LogP contribution in [0.1, 0.15) is 21.6 Å². The number of nitrogens with one attached hydrogen (secondary N) is 2. The maximum atomic E-state index is 12.6. The minimum Gasteiger partial charge on any atom is -0.364 e. The Bertz CT molecular complexity index is 1530. The quantitative estimate of drug-likeness (QED) is 0.278. The number of benzene rings is 1. The van der Waals surface area contributed by atoms with Crippen molar-refractivity contribution in [3.05, 3.63) is 102 Å². The van der Waals surface area contributed by atoms with Gasteiger partial charge in [0.15, 0.2) is 5.13 Å². The van der Waals surface area contributed by atoms with Gasteiger partial charge in [0, 0.05) is 52.9 Å². The van der Waals surface area contributed by atoms with E-state index in [1.807, 2.05) is 53.3 Å². The summed E-state index contributed by atoms with van der Waals surface area (Å²) in [6.45, 7) is 0.604. The molecule has 0 saturated carbocycles. The molecule has 4 aromatic heterocycles. The number of carbonyl (C=O) groups is 2. The molecule has 0 aliphatic carbocycles. The summed E-state index contributed by atoms with van der Waals surface area (Å²) in [6.07, 6.45) is 10.2. The summed E-state index contributed by atoms with van der Waals surface area (Å²) in [6, 6.07) is 15.4. The Labute approximate surface area is 210 Å². The molecule has 178 valence electrons. The number of pyridine rings is 1.